The fourth-order valence-electron chi connectivity index (χ4n) is 0.828. The van der Waals surface area contributed by atoms with E-state index in [0.717, 1.165) is 5.69 Å². The summed E-state index contributed by atoms with van der Waals surface area (Å²) in [6.07, 6.45) is 1.64. The molecule has 0 atom stereocenters. The Balaban J connectivity index is 2.51. The summed E-state index contributed by atoms with van der Waals surface area (Å²) in [5.74, 6) is 0.494. The lowest BCUT2D eigenvalue weighted by atomic mass is 10.1. The highest BCUT2D eigenvalue weighted by atomic mass is 16.3. The molecule has 0 fully saturated rings. The maximum Gasteiger partial charge on any atom is 0.123 e. The van der Waals surface area contributed by atoms with Crippen LogP contribution in [-0.2, 0) is 0 Å². The summed E-state index contributed by atoms with van der Waals surface area (Å²) in [4.78, 5) is 3.91. The number of nitrogen functional groups attached to an aromatic ring is 1. The maximum atomic E-state index is 9.43. The average molecular weight is 181 g/mol. The topological polar surface area (TPSA) is 71.2 Å². The van der Waals surface area contributed by atoms with Gasteiger partial charge in [0.2, 0.25) is 0 Å². The number of hydrogen-bond donors (Lipinski definition) is 3. The van der Waals surface area contributed by atoms with Crippen LogP contribution in [0.2, 0.25) is 0 Å². The highest BCUT2D eigenvalue weighted by molar-refractivity contribution is 5.45. The Hall–Kier alpha value is -1.29. The molecule has 0 unspecified atom stereocenters. The molecule has 0 bridgehead atoms. The van der Waals surface area contributed by atoms with E-state index in [-0.39, 0.29) is 0 Å². The van der Waals surface area contributed by atoms with E-state index in [1.165, 1.54) is 0 Å². The molecule has 4 N–H and O–H groups in total. The van der Waals surface area contributed by atoms with Gasteiger partial charge in [0.15, 0.2) is 0 Å². The van der Waals surface area contributed by atoms with Crippen molar-refractivity contribution >= 4 is 11.5 Å². The van der Waals surface area contributed by atoms with Crippen LogP contribution in [0, 0.1) is 0 Å². The van der Waals surface area contributed by atoms with Gasteiger partial charge in [0, 0.05) is 6.54 Å². The van der Waals surface area contributed by atoms with Crippen LogP contribution in [-0.4, -0.2) is 22.2 Å². The van der Waals surface area contributed by atoms with Gasteiger partial charge in [-0.2, -0.15) is 0 Å². The highest BCUT2D eigenvalue weighted by Gasteiger charge is 2.11. The molecule has 13 heavy (non-hydrogen) atoms. The molecule has 0 amide bonds. The molecule has 4 nitrogen and oxygen atoms in total. The molecule has 0 saturated heterocycles. The van der Waals surface area contributed by atoms with E-state index in [9.17, 15) is 5.11 Å². The number of anilines is 2. The van der Waals surface area contributed by atoms with E-state index < -0.39 is 5.60 Å². The molecule has 0 spiro atoms. The molecule has 0 aliphatic carbocycles. The first-order chi connectivity index (χ1) is 5.97. The number of aromatic nitrogens is 1. The number of pyridine rings is 1. The molecule has 0 aliphatic heterocycles. The van der Waals surface area contributed by atoms with Crippen molar-refractivity contribution in [2.45, 2.75) is 19.4 Å². The van der Waals surface area contributed by atoms with Crippen LogP contribution in [0.3, 0.4) is 0 Å². The molecule has 0 aromatic carbocycles. The number of aliphatic hydroxyl groups is 1. The van der Waals surface area contributed by atoms with Gasteiger partial charge in [0.25, 0.3) is 0 Å². The molecule has 1 aromatic heterocycles. The third-order valence-corrected chi connectivity index (χ3v) is 1.51. The third-order valence-electron chi connectivity index (χ3n) is 1.51. The summed E-state index contributed by atoms with van der Waals surface area (Å²) in [7, 11) is 0. The second-order valence-electron chi connectivity index (χ2n) is 3.64. The van der Waals surface area contributed by atoms with Crippen LogP contribution in [0.15, 0.2) is 18.3 Å². The van der Waals surface area contributed by atoms with Gasteiger partial charge in [-0.3, -0.25) is 0 Å². The van der Waals surface area contributed by atoms with Gasteiger partial charge in [0.05, 0.1) is 17.5 Å². The quantitative estimate of drug-likeness (QED) is 0.646. The van der Waals surface area contributed by atoms with Crippen molar-refractivity contribution in [2.75, 3.05) is 17.6 Å². The molecular formula is C9H15N3O. The van der Waals surface area contributed by atoms with E-state index in [4.69, 9.17) is 5.73 Å². The zero-order valence-corrected chi connectivity index (χ0v) is 7.91. The minimum absolute atomic E-state index is 0.485. The number of nitrogens with zero attached hydrogens (tertiary/aromatic N) is 1. The van der Waals surface area contributed by atoms with E-state index in [2.05, 4.69) is 10.3 Å². The summed E-state index contributed by atoms with van der Waals surface area (Å²) in [6, 6.07) is 3.54. The second-order valence-corrected chi connectivity index (χ2v) is 3.64. The van der Waals surface area contributed by atoms with Crippen molar-refractivity contribution in [3.05, 3.63) is 18.3 Å². The molecule has 1 aromatic rings. The second kappa shape index (κ2) is 3.62. The Labute approximate surface area is 77.8 Å². The van der Waals surface area contributed by atoms with Crippen molar-refractivity contribution in [1.82, 2.24) is 4.98 Å². The summed E-state index contributed by atoms with van der Waals surface area (Å²) in [6.45, 7) is 3.97. The molecule has 0 saturated carbocycles. The summed E-state index contributed by atoms with van der Waals surface area (Å²) in [5.41, 5.74) is 5.56. The third kappa shape index (κ3) is 3.75. The SMILES string of the molecule is CC(C)(O)CNc1ccc(N)nc1. The first kappa shape index (κ1) is 9.80. The predicted octanol–water partition coefficient (Wildman–Crippen LogP) is 0.847. The van der Waals surface area contributed by atoms with Gasteiger partial charge in [-0.05, 0) is 26.0 Å². The van der Waals surface area contributed by atoms with E-state index in [1.807, 2.05) is 6.07 Å². The molecule has 0 aliphatic rings. The molecule has 1 heterocycles. The maximum absolute atomic E-state index is 9.43. The average Bonchev–Trinajstić information content (AvgIpc) is 2.02. The van der Waals surface area contributed by atoms with Crippen molar-refractivity contribution in [3.63, 3.8) is 0 Å². The van der Waals surface area contributed by atoms with E-state index in [0.29, 0.717) is 12.4 Å². The molecule has 0 radical (unpaired) electrons. The Morgan fingerprint density at radius 1 is 1.54 bits per heavy atom. The van der Waals surface area contributed by atoms with Crippen molar-refractivity contribution in [3.8, 4) is 0 Å². The standard InChI is InChI=1S/C9H15N3O/c1-9(2,13)6-12-7-3-4-8(10)11-5-7/h3-5,12-13H,6H2,1-2H3,(H2,10,11). The molecule has 1 rings (SSSR count). The summed E-state index contributed by atoms with van der Waals surface area (Å²) < 4.78 is 0. The normalized spacial score (nSPS) is 11.3. The van der Waals surface area contributed by atoms with E-state index in [1.54, 1.807) is 26.1 Å². The molecule has 4 heteroatoms. The Kier molecular flexibility index (Phi) is 2.72. The minimum atomic E-state index is -0.721. The van der Waals surface area contributed by atoms with Gasteiger partial charge in [0.1, 0.15) is 5.82 Å². The largest absolute Gasteiger partial charge is 0.389 e. The fourth-order valence-corrected chi connectivity index (χ4v) is 0.828. The zero-order valence-electron chi connectivity index (χ0n) is 7.91. The molecular weight excluding hydrogens is 166 g/mol. The number of nitrogens with two attached hydrogens (primary N) is 1. The first-order valence-corrected chi connectivity index (χ1v) is 4.15. The Morgan fingerprint density at radius 3 is 2.69 bits per heavy atom. The lowest BCUT2D eigenvalue weighted by molar-refractivity contribution is 0.0945. The smallest absolute Gasteiger partial charge is 0.123 e. The van der Waals surface area contributed by atoms with Gasteiger partial charge in [-0.25, -0.2) is 4.98 Å². The van der Waals surface area contributed by atoms with Crippen molar-refractivity contribution < 1.29 is 5.11 Å². The lowest BCUT2D eigenvalue weighted by Gasteiger charge is -2.18. The van der Waals surface area contributed by atoms with Gasteiger partial charge in [-0.15, -0.1) is 0 Å². The first-order valence-electron chi connectivity index (χ1n) is 4.15. The predicted molar refractivity (Wildman–Crippen MR) is 53.4 cm³/mol. The number of rotatable bonds is 3. The van der Waals surface area contributed by atoms with Gasteiger partial charge in [-0.1, -0.05) is 0 Å². The van der Waals surface area contributed by atoms with Gasteiger partial charge >= 0.3 is 0 Å². The minimum Gasteiger partial charge on any atom is -0.389 e. The van der Waals surface area contributed by atoms with Crippen LogP contribution in [0.4, 0.5) is 11.5 Å². The summed E-state index contributed by atoms with van der Waals surface area (Å²) >= 11 is 0. The van der Waals surface area contributed by atoms with Crippen LogP contribution in [0.25, 0.3) is 0 Å². The lowest BCUT2D eigenvalue weighted by Crippen LogP contribution is -2.29. The molecule has 72 valence electrons. The van der Waals surface area contributed by atoms with E-state index >= 15 is 0 Å². The number of nitrogens with one attached hydrogen (secondary N) is 1. The van der Waals surface area contributed by atoms with Crippen LogP contribution < -0.4 is 11.1 Å². The van der Waals surface area contributed by atoms with Crippen LogP contribution in [0.1, 0.15) is 13.8 Å². The van der Waals surface area contributed by atoms with Crippen LogP contribution >= 0.6 is 0 Å². The Morgan fingerprint density at radius 2 is 2.23 bits per heavy atom. The van der Waals surface area contributed by atoms with Crippen molar-refractivity contribution in [1.29, 1.82) is 0 Å². The monoisotopic (exact) mass is 181 g/mol. The van der Waals surface area contributed by atoms with Gasteiger partial charge < -0.3 is 16.2 Å². The van der Waals surface area contributed by atoms with Crippen LogP contribution in [0.5, 0.6) is 0 Å². The zero-order chi connectivity index (χ0) is 9.90. The van der Waals surface area contributed by atoms with Crippen molar-refractivity contribution in [2.24, 2.45) is 0 Å². The Bertz CT molecular complexity index is 263. The fraction of sp³-hybridized carbons (Fsp3) is 0.444. The summed E-state index contributed by atoms with van der Waals surface area (Å²) in [5, 5.41) is 12.5. The number of hydrogen-bond acceptors (Lipinski definition) is 4. The highest BCUT2D eigenvalue weighted by Crippen LogP contribution is 2.09.